The van der Waals surface area contributed by atoms with Gasteiger partial charge in [-0.1, -0.05) is 53.7 Å². The summed E-state index contributed by atoms with van der Waals surface area (Å²) in [7, 11) is 0. The van der Waals surface area contributed by atoms with Gasteiger partial charge in [0.2, 0.25) is 0 Å². The Morgan fingerprint density at radius 3 is 2.11 bits per heavy atom. The van der Waals surface area contributed by atoms with Crippen molar-refractivity contribution in [2.75, 3.05) is 6.61 Å². The molecule has 0 N–H and O–H groups in total. The van der Waals surface area contributed by atoms with Crippen molar-refractivity contribution in [3.8, 4) is 11.8 Å². The zero-order chi connectivity index (χ0) is 14.0. The Balaban J connectivity index is 3.27. The van der Waals surface area contributed by atoms with Crippen molar-refractivity contribution in [2.45, 2.75) is 52.4 Å². The summed E-state index contributed by atoms with van der Waals surface area (Å²) in [4.78, 5) is 0. The van der Waals surface area contributed by atoms with Crippen LogP contribution in [0.4, 0.5) is 0 Å². The maximum absolute atomic E-state index is 8.63. The van der Waals surface area contributed by atoms with Gasteiger partial charge >= 0.3 is 0 Å². The minimum Gasteiger partial charge on any atom is -0.478 e. The molecule has 0 aliphatic rings. The molecular weight excluding hydrogens is 222 g/mol. The van der Waals surface area contributed by atoms with Crippen molar-refractivity contribution in [3.05, 3.63) is 29.3 Å². The Hall–Kier alpha value is -1.49. The molecule has 0 fully saturated rings. The smallest absolute Gasteiger partial charge is 0.174 e. The van der Waals surface area contributed by atoms with E-state index in [2.05, 4.69) is 53.7 Å². The first-order chi connectivity index (χ1) is 8.16. The van der Waals surface area contributed by atoms with Crippen LogP contribution in [-0.2, 0) is 10.8 Å². The minimum absolute atomic E-state index is 0.00600. The normalized spacial score (nSPS) is 12.1. The largest absolute Gasteiger partial charge is 0.478 e. The summed E-state index contributed by atoms with van der Waals surface area (Å²) in [6.45, 7) is 13.2. The van der Waals surface area contributed by atoms with Gasteiger partial charge in [0.05, 0.1) is 0 Å². The van der Waals surface area contributed by atoms with Crippen LogP contribution < -0.4 is 4.74 Å². The van der Waals surface area contributed by atoms with Gasteiger partial charge in [-0.2, -0.15) is 5.26 Å². The highest BCUT2D eigenvalue weighted by molar-refractivity contribution is 5.43. The molecule has 0 saturated heterocycles. The van der Waals surface area contributed by atoms with Crippen molar-refractivity contribution >= 4 is 0 Å². The lowest BCUT2D eigenvalue weighted by molar-refractivity contribution is 0.355. The summed E-state index contributed by atoms with van der Waals surface area (Å²) in [5, 5.41) is 8.63. The fourth-order valence-electron chi connectivity index (χ4n) is 1.82. The number of benzene rings is 1. The van der Waals surface area contributed by atoms with E-state index in [1.54, 1.807) is 0 Å². The summed E-state index contributed by atoms with van der Waals surface area (Å²) in [5.74, 6) is 0.817. The Bertz CT molecular complexity index is 455. The highest BCUT2D eigenvalue weighted by atomic mass is 16.5. The van der Waals surface area contributed by atoms with E-state index in [1.807, 2.05) is 12.1 Å². The second kappa shape index (κ2) is 5.02. The molecule has 98 valence electrons. The van der Waals surface area contributed by atoms with E-state index in [0.717, 1.165) is 11.3 Å². The predicted octanol–water partition coefficient (Wildman–Crippen LogP) is 4.18. The van der Waals surface area contributed by atoms with E-state index in [9.17, 15) is 0 Å². The molecule has 1 aromatic rings. The molecule has 1 aromatic carbocycles. The van der Waals surface area contributed by atoms with Crippen LogP contribution in [0.1, 0.15) is 52.7 Å². The highest BCUT2D eigenvalue weighted by Gasteiger charge is 2.22. The topological polar surface area (TPSA) is 33.0 Å². The zero-order valence-electron chi connectivity index (χ0n) is 12.3. The molecule has 0 bridgehead atoms. The summed E-state index contributed by atoms with van der Waals surface area (Å²) in [6.07, 6.45) is 0. The van der Waals surface area contributed by atoms with E-state index in [1.165, 1.54) is 5.56 Å². The van der Waals surface area contributed by atoms with E-state index < -0.39 is 0 Å². The number of nitrogens with zero attached hydrogens (tertiary/aromatic N) is 1. The molecule has 1 rings (SSSR count). The lowest BCUT2D eigenvalue weighted by Gasteiger charge is -2.26. The lowest BCUT2D eigenvalue weighted by atomic mass is 9.80. The van der Waals surface area contributed by atoms with Crippen LogP contribution in [0.3, 0.4) is 0 Å². The third kappa shape index (κ3) is 3.50. The number of hydrogen-bond donors (Lipinski definition) is 0. The predicted molar refractivity (Wildman–Crippen MR) is 75.0 cm³/mol. The van der Waals surface area contributed by atoms with Crippen LogP contribution in [0.5, 0.6) is 5.75 Å². The van der Waals surface area contributed by atoms with Gasteiger partial charge < -0.3 is 4.74 Å². The number of rotatable bonds is 2. The molecule has 0 saturated carbocycles. The molecule has 0 unspecified atom stereocenters. The van der Waals surface area contributed by atoms with Crippen molar-refractivity contribution in [1.82, 2.24) is 0 Å². The van der Waals surface area contributed by atoms with Crippen LogP contribution in [0, 0.1) is 11.3 Å². The Morgan fingerprint density at radius 1 is 1.06 bits per heavy atom. The third-order valence-corrected chi connectivity index (χ3v) is 2.95. The standard InChI is InChI=1S/C16H23NO/c1-15(2,3)12-7-8-14(18-10-9-17)13(11-12)16(4,5)6/h7-8,11H,10H2,1-6H3. The van der Waals surface area contributed by atoms with Gasteiger partial charge in [-0.3, -0.25) is 0 Å². The Morgan fingerprint density at radius 2 is 1.67 bits per heavy atom. The van der Waals surface area contributed by atoms with E-state index >= 15 is 0 Å². The van der Waals surface area contributed by atoms with Crippen LogP contribution >= 0.6 is 0 Å². The highest BCUT2D eigenvalue weighted by Crippen LogP contribution is 2.35. The van der Waals surface area contributed by atoms with Gasteiger partial charge in [0, 0.05) is 0 Å². The van der Waals surface area contributed by atoms with Gasteiger partial charge in [-0.15, -0.1) is 0 Å². The SMILES string of the molecule is CC(C)(C)c1ccc(OCC#N)c(C(C)(C)C)c1. The molecule has 0 radical (unpaired) electrons. The van der Waals surface area contributed by atoms with Gasteiger partial charge in [0.15, 0.2) is 6.61 Å². The summed E-state index contributed by atoms with van der Waals surface area (Å²) in [6, 6.07) is 8.29. The first-order valence-electron chi connectivity index (χ1n) is 6.31. The quantitative estimate of drug-likeness (QED) is 0.783. The van der Waals surface area contributed by atoms with Crippen LogP contribution in [0.2, 0.25) is 0 Å². The molecule has 0 aliphatic heterocycles. The van der Waals surface area contributed by atoms with Gasteiger partial charge in [-0.25, -0.2) is 0 Å². The molecule has 18 heavy (non-hydrogen) atoms. The lowest BCUT2D eigenvalue weighted by Crippen LogP contribution is -2.17. The number of ether oxygens (including phenoxy) is 1. The molecule has 0 amide bonds. The van der Waals surface area contributed by atoms with Gasteiger partial charge in [0.1, 0.15) is 11.8 Å². The van der Waals surface area contributed by atoms with E-state index in [0.29, 0.717) is 0 Å². The maximum atomic E-state index is 8.63. The fourth-order valence-corrected chi connectivity index (χ4v) is 1.82. The van der Waals surface area contributed by atoms with Crippen molar-refractivity contribution in [1.29, 1.82) is 5.26 Å². The third-order valence-electron chi connectivity index (χ3n) is 2.95. The van der Waals surface area contributed by atoms with Crippen molar-refractivity contribution in [2.24, 2.45) is 0 Å². The first-order valence-corrected chi connectivity index (χ1v) is 6.31. The monoisotopic (exact) mass is 245 g/mol. The second-order valence-electron chi connectivity index (χ2n) is 6.66. The molecule has 0 heterocycles. The molecule has 2 heteroatoms. The minimum atomic E-state index is 0.00600. The zero-order valence-corrected chi connectivity index (χ0v) is 12.3. The number of hydrogen-bond acceptors (Lipinski definition) is 2. The Kier molecular flexibility index (Phi) is 4.06. The molecule has 0 atom stereocenters. The van der Waals surface area contributed by atoms with Crippen molar-refractivity contribution < 1.29 is 4.74 Å². The maximum Gasteiger partial charge on any atom is 0.174 e. The first kappa shape index (κ1) is 14.6. The summed E-state index contributed by atoms with van der Waals surface area (Å²) in [5.41, 5.74) is 2.57. The van der Waals surface area contributed by atoms with Gasteiger partial charge in [0.25, 0.3) is 0 Å². The average molecular weight is 245 g/mol. The summed E-state index contributed by atoms with van der Waals surface area (Å²) >= 11 is 0. The van der Waals surface area contributed by atoms with Crippen LogP contribution in [-0.4, -0.2) is 6.61 Å². The molecule has 0 aromatic heterocycles. The van der Waals surface area contributed by atoms with Crippen LogP contribution in [0.15, 0.2) is 18.2 Å². The van der Waals surface area contributed by atoms with E-state index in [-0.39, 0.29) is 17.4 Å². The molecule has 0 aliphatic carbocycles. The second-order valence-corrected chi connectivity index (χ2v) is 6.66. The van der Waals surface area contributed by atoms with Crippen LogP contribution in [0.25, 0.3) is 0 Å². The number of nitriles is 1. The van der Waals surface area contributed by atoms with Gasteiger partial charge in [-0.05, 0) is 28.0 Å². The Labute approximate surface area is 111 Å². The fraction of sp³-hybridized carbons (Fsp3) is 0.562. The average Bonchev–Trinajstić information content (AvgIpc) is 2.23. The van der Waals surface area contributed by atoms with E-state index in [4.69, 9.17) is 10.00 Å². The molecular formula is C16H23NO. The van der Waals surface area contributed by atoms with Crippen molar-refractivity contribution in [3.63, 3.8) is 0 Å². The summed E-state index contributed by atoms with van der Waals surface area (Å²) < 4.78 is 5.52. The molecule has 2 nitrogen and oxygen atoms in total. The molecule has 0 spiro atoms.